The van der Waals surface area contributed by atoms with E-state index in [0.29, 0.717) is 16.4 Å². The standard InChI is InChI=1S/C16H15N3O3S/c20-14(21)10-17-15(22)11-6-8-13(9-7-11)19-16(23)18-12-4-2-1-3-5-12/h1-9H,10H2,(H,17,22)(H,20,21)(H2,18,19,23). The number of benzene rings is 2. The lowest BCUT2D eigenvalue weighted by molar-refractivity contribution is -0.135. The van der Waals surface area contributed by atoms with Gasteiger partial charge in [-0.3, -0.25) is 9.59 Å². The van der Waals surface area contributed by atoms with Crippen molar-refractivity contribution >= 4 is 40.6 Å². The number of carboxylic acid groups (broad SMARTS) is 1. The first-order chi connectivity index (χ1) is 11.0. The third-order valence-electron chi connectivity index (χ3n) is 2.84. The Labute approximate surface area is 138 Å². The van der Waals surface area contributed by atoms with Gasteiger partial charge in [-0.05, 0) is 48.6 Å². The fraction of sp³-hybridized carbons (Fsp3) is 0.0625. The number of aliphatic carboxylic acids is 1. The predicted octanol–water partition coefficient (Wildman–Crippen LogP) is 2.31. The second kappa shape index (κ2) is 7.90. The minimum atomic E-state index is -1.09. The molecule has 0 saturated heterocycles. The van der Waals surface area contributed by atoms with Crippen molar-refractivity contribution < 1.29 is 14.7 Å². The number of amides is 1. The Kier molecular flexibility index (Phi) is 5.65. The van der Waals surface area contributed by atoms with E-state index in [-0.39, 0.29) is 0 Å². The van der Waals surface area contributed by atoms with Crippen molar-refractivity contribution in [2.75, 3.05) is 17.2 Å². The van der Waals surface area contributed by atoms with Crippen molar-refractivity contribution in [2.45, 2.75) is 0 Å². The maximum Gasteiger partial charge on any atom is 0.322 e. The van der Waals surface area contributed by atoms with Gasteiger partial charge in [0.25, 0.3) is 5.91 Å². The highest BCUT2D eigenvalue weighted by Crippen LogP contribution is 2.11. The summed E-state index contributed by atoms with van der Waals surface area (Å²) in [5.41, 5.74) is 1.96. The summed E-state index contributed by atoms with van der Waals surface area (Å²) >= 11 is 5.21. The van der Waals surface area contributed by atoms with Crippen LogP contribution in [0.1, 0.15) is 10.4 Å². The summed E-state index contributed by atoms with van der Waals surface area (Å²) in [5, 5.41) is 17.3. The van der Waals surface area contributed by atoms with Crippen molar-refractivity contribution in [3.63, 3.8) is 0 Å². The minimum Gasteiger partial charge on any atom is -0.480 e. The number of carboxylic acids is 1. The Morgan fingerprint density at radius 1 is 0.913 bits per heavy atom. The molecule has 0 radical (unpaired) electrons. The Morgan fingerprint density at radius 2 is 1.48 bits per heavy atom. The molecule has 2 rings (SSSR count). The predicted molar refractivity (Wildman–Crippen MR) is 92.7 cm³/mol. The molecule has 0 aromatic heterocycles. The van der Waals surface area contributed by atoms with Gasteiger partial charge in [-0.1, -0.05) is 18.2 Å². The first kappa shape index (κ1) is 16.4. The molecule has 1 amide bonds. The fourth-order valence-electron chi connectivity index (χ4n) is 1.78. The fourth-order valence-corrected chi connectivity index (χ4v) is 2.01. The summed E-state index contributed by atoms with van der Waals surface area (Å²) in [7, 11) is 0. The van der Waals surface area contributed by atoms with Gasteiger partial charge in [0.05, 0.1) is 0 Å². The maximum atomic E-state index is 11.7. The minimum absolute atomic E-state index is 0.374. The highest BCUT2D eigenvalue weighted by Gasteiger charge is 2.07. The zero-order chi connectivity index (χ0) is 16.7. The van der Waals surface area contributed by atoms with Crippen LogP contribution in [0.4, 0.5) is 11.4 Å². The molecule has 2 aromatic carbocycles. The molecule has 0 atom stereocenters. The molecule has 118 valence electrons. The molecular weight excluding hydrogens is 314 g/mol. The smallest absolute Gasteiger partial charge is 0.322 e. The third-order valence-corrected chi connectivity index (χ3v) is 3.04. The summed E-state index contributed by atoms with van der Waals surface area (Å²) in [4.78, 5) is 22.1. The molecule has 0 heterocycles. The van der Waals surface area contributed by atoms with Crippen molar-refractivity contribution in [2.24, 2.45) is 0 Å². The van der Waals surface area contributed by atoms with Crippen molar-refractivity contribution in [1.29, 1.82) is 0 Å². The molecule has 4 N–H and O–H groups in total. The van der Waals surface area contributed by atoms with Crippen molar-refractivity contribution in [3.05, 3.63) is 60.2 Å². The van der Waals surface area contributed by atoms with Crippen LogP contribution in [0.2, 0.25) is 0 Å². The van der Waals surface area contributed by atoms with Gasteiger partial charge in [-0.25, -0.2) is 0 Å². The number of thiocarbonyl (C=S) groups is 1. The first-order valence-corrected chi connectivity index (χ1v) is 7.18. The highest BCUT2D eigenvalue weighted by atomic mass is 32.1. The molecule has 0 bridgehead atoms. The number of nitrogens with one attached hydrogen (secondary N) is 3. The van der Waals surface area contributed by atoms with Crippen LogP contribution in [0.3, 0.4) is 0 Å². The number of carbonyl (C=O) groups is 2. The summed E-state index contributed by atoms with van der Waals surface area (Å²) in [6.45, 7) is -0.413. The number of hydrogen-bond donors (Lipinski definition) is 4. The zero-order valence-electron chi connectivity index (χ0n) is 12.1. The Morgan fingerprint density at radius 3 is 2.04 bits per heavy atom. The van der Waals surface area contributed by atoms with E-state index in [4.69, 9.17) is 17.3 Å². The summed E-state index contributed by atoms with van der Waals surface area (Å²) in [6.07, 6.45) is 0. The van der Waals surface area contributed by atoms with Crippen LogP contribution < -0.4 is 16.0 Å². The van der Waals surface area contributed by atoms with Crippen LogP contribution in [-0.2, 0) is 4.79 Å². The van der Waals surface area contributed by atoms with E-state index in [1.165, 1.54) is 0 Å². The Balaban J connectivity index is 1.90. The van der Waals surface area contributed by atoms with Gasteiger partial charge < -0.3 is 21.1 Å². The van der Waals surface area contributed by atoms with Gasteiger partial charge in [-0.2, -0.15) is 0 Å². The van der Waals surface area contributed by atoms with Gasteiger partial charge in [0.2, 0.25) is 0 Å². The van der Waals surface area contributed by atoms with Gasteiger partial charge in [-0.15, -0.1) is 0 Å². The highest BCUT2D eigenvalue weighted by molar-refractivity contribution is 7.80. The summed E-state index contributed by atoms with van der Waals surface area (Å²) in [6, 6.07) is 16.0. The lowest BCUT2D eigenvalue weighted by atomic mass is 10.2. The molecular formula is C16H15N3O3S. The molecule has 0 saturated carbocycles. The first-order valence-electron chi connectivity index (χ1n) is 6.78. The van der Waals surface area contributed by atoms with Crippen LogP contribution in [0.25, 0.3) is 0 Å². The Bertz CT molecular complexity index is 702. The zero-order valence-corrected chi connectivity index (χ0v) is 12.9. The molecule has 0 spiro atoms. The van der Waals surface area contributed by atoms with E-state index in [1.807, 2.05) is 30.3 Å². The van der Waals surface area contributed by atoms with E-state index in [2.05, 4.69) is 16.0 Å². The number of hydrogen-bond acceptors (Lipinski definition) is 3. The Hall–Kier alpha value is -2.93. The van der Waals surface area contributed by atoms with Crippen LogP contribution in [-0.4, -0.2) is 28.6 Å². The van der Waals surface area contributed by atoms with Crippen molar-refractivity contribution in [3.8, 4) is 0 Å². The topological polar surface area (TPSA) is 90.5 Å². The average molecular weight is 329 g/mol. The number of anilines is 2. The van der Waals surface area contributed by atoms with Gasteiger partial charge in [0.15, 0.2) is 5.11 Å². The molecule has 0 aliphatic heterocycles. The molecule has 0 unspecified atom stereocenters. The van der Waals surface area contributed by atoms with Gasteiger partial charge >= 0.3 is 5.97 Å². The number of rotatable bonds is 5. The SMILES string of the molecule is O=C(O)CNC(=O)c1ccc(NC(=S)Nc2ccccc2)cc1. The summed E-state index contributed by atoms with van der Waals surface area (Å²) in [5.74, 6) is -1.53. The van der Waals surface area contributed by atoms with Crippen LogP contribution in [0.15, 0.2) is 54.6 Å². The molecule has 2 aromatic rings. The quantitative estimate of drug-likeness (QED) is 0.629. The second-order valence-electron chi connectivity index (χ2n) is 4.60. The van der Waals surface area contributed by atoms with Gasteiger partial charge in [0, 0.05) is 16.9 Å². The van der Waals surface area contributed by atoms with E-state index in [0.717, 1.165) is 5.69 Å². The lowest BCUT2D eigenvalue weighted by Crippen LogP contribution is -2.29. The van der Waals surface area contributed by atoms with Gasteiger partial charge in [0.1, 0.15) is 6.54 Å². The normalized spacial score (nSPS) is 9.74. The molecule has 0 aliphatic rings. The van der Waals surface area contributed by atoms with Crippen LogP contribution in [0, 0.1) is 0 Å². The van der Waals surface area contributed by atoms with E-state index >= 15 is 0 Å². The molecule has 0 aliphatic carbocycles. The number of para-hydroxylation sites is 1. The van der Waals surface area contributed by atoms with E-state index in [9.17, 15) is 9.59 Å². The van der Waals surface area contributed by atoms with Crippen molar-refractivity contribution in [1.82, 2.24) is 5.32 Å². The van der Waals surface area contributed by atoms with Crippen LogP contribution >= 0.6 is 12.2 Å². The van der Waals surface area contributed by atoms with E-state index < -0.39 is 18.4 Å². The monoisotopic (exact) mass is 329 g/mol. The second-order valence-corrected chi connectivity index (χ2v) is 5.01. The molecule has 0 fully saturated rings. The largest absolute Gasteiger partial charge is 0.480 e. The lowest BCUT2D eigenvalue weighted by Gasteiger charge is -2.11. The maximum absolute atomic E-state index is 11.7. The van der Waals surface area contributed by atoms with Crippen LogP contribution in [0.5, 0.6) is 0 Å². The molecule has 6 nitrogen and oxygen atoms in total. The molecule has 7 heteroatoms. The van der Waals surface area contributed by atoms with E-state index in [1.54, 1.807) is 24.3 Å². The average Bonchev–Trinajstić information content (AvgIpc) is 2.54. The summed E-state index contributed by atoms with van der Waals surface area (Å²) < 4.78 is 0. The molecule has 23 heavy (non-hydrogen) atoms. The number of carbonyl (C=O) groups excluding carboxylic acids is 1. The third kappa shape index (κ3) is 5.40.